The number of benzene rings is 1. The van der Waals surface area contributed by atoms with Gasteiger partial charge in [0.2, 0.25) is 0 Å². The van der Waals surface area contributed by atoms with Crippen LogP contribution in [0, 0.1) is 56.2 Å². The van der Waals surface area contributed by atoms with Crippen molar-refractivity contribution in [2.45, 2.75) is 98.8 Å². The summed E-state index contributed by atoms with van der Waals surface area (Å²) in [6, 6.07) is 12.3. The van der Waals surface area contributed by atoms with Gasteiger partial charge in [0, 0.05) is 27.7 Å². The lowest BCUT2D eigenvalue weighted by Crippen LogP contribution is -2.64. The van der Waals surface area contributed by atoms with Gasteiger partial charge in [-0.3, -0.25) is 14.7 Å². The standard InChI is InChI=1S/C38H46N4O2/c1-33(2)27-13-14-37(6)28(36(27,5)20-24(22-39)30(33)44)19-26(43)29-25-21-35(4,16-15-34(25,3)17-18-38(29,37)7)32-40-31(41-42-32)23-11-9-8-10-12-23/h8-12,19-20,25,27,29H,13-18,21H2,1-7H3,(H,40,41,42)/t25-,27-,29-,34+,35-,36-,37+,38+/m0/s1. The molecule has 3 saturated carbocycles. The molecule has 0 aliphatic heterocycles. The highest BCUT2D eigenvalue weighted by atomic mass is 16.1. The van der Waals surface area contributed by atoms with E-state index in [1.54, 1.807) is 0 Å². The third-order valence-corrected chi connectivity index (χ3v) is 14.2. The Morgan fingerprint density at radius 2 is 1.64 bits per heavy atom. The Kier molecular flexibility index (Phi) is 6.09. The molecule has 230 valence electrons. The average molecular weight is 591 g/mol. The number of aromatic nitrogens is 3. The molecule has 6 heteroatoms. The Morgan fingerprint density at radius 1 is 0.932 bits per heavy atom. The van der Waals surface area contributed by atoms with Crippen LogP contribution in [-0.4, -0.2) is 26.7 Å². The zero-order chi connectivity index (χ0) is 31.5. The number of aromatic amines is 1. The van der Waals surface area contributed by atoms with Crippen molar-refractivity contribution >= 4 is 11.6 Å². The van der Waals surface area contributed by atoms with Crippen molar-refractivity contribution in [3.63, 3.8) is 0 Å². The smallest absolute Gasteiger partial charge is 0.181 e. The van der Waals surface area contributed by atoms with Gasteiger partial charge in [-0.2, -0.15) is 10.4 Å². The second-order valence-corrected chi connectivity index (χ2v) is 16.7. The SMILES string of the molecule is CC1(C)C(=O)C(C#N)=C[C@]2(C)C3=CC(=O)[C@@H]4[C@@H]5C[C@@](C)(c6nc(-c7ccccc7)n[nH]6)CC[C@]5(C)CC[C@@]4(C)[C@]3(C)CC[C@@H]12. The summed E-state index contributed by atoms with van der Waals surface area (Å²) < 4.78 is 0. The summed E-state index contributed by atoms with van der Waals surface area (Å²) in [5.41, 5.74) is 0.733. The topological polar surface area (TPSA) is 99.5 Å². The Hall–Kier alpha value is -3.33. The molecule has 0 saturated heterocycles. The van der Waals surface area contributed by atoms with Gasteiger partial charge >= 0.3 is 0 Å². The molecule has 5 aliphatic rings. The first kappa shape index (κ1) is 29.4. The highest BCUT2D eigenvalue weighted by molar-refractivity contribution is 6.04. The number of carbonyl (C=O) groups excluding carboxylic acids is 2. The predicted octanol–water partition coefficient (Wildman–Crippen LogP) is 7.94. The molecule has 7 rings (SSSR count). The van der Waals surface area contributed by atoms with Gasteiger partial charge in [-0.05, 0) is 79.1 Å². The number of Topliss-reactive ketones (excluding diaryl/α,β-unsaturated/α-hetero) is 1. The summed E-state index contributed by atoms with van der Waals surface area (Å²) in [7, 11) is 0. The highest BCUT2D eigenvalue weighted by Gasteiger charge is 2.69. The van der Waals surface area contributed by atoms with Crippen LogP contribution in [0.1, 0.15) is 99.2 Å². The van der Waals surface area contributed by atoms with Crippen molar-refractivity contribution in [1.29, 1.82) is 5.26 Å². The molecule has 0 unspecified atom stereocenters. The number of carbonyl (C=O) groups is 2. The fourth-order valence-electron chi connectivity index (χ4n) is 11.2. The van der Waals surface area contributed by atoms with Gasteiger partial charge in [-0.15, -0.1) is 0 Å². The fraction of sp³-hybridized carbons (Fsp3) is 0.605. The van der Waals surface area contributed by atoms with Crippen LogP contribution in [0.5, 0.6) is 0 Å². The molecule has 3 fully saturated rings. The molecule has 1 aromatic carbocycles. The molecule has 0 radical (unpaired) electrons. The maximum Gasteiger partial charge on any atom is 0.181 e. The van der Waals surface area contributed by atoms with Gasteiger partial charge in [0.1, 0.15) is 11.9 Å². The van der Waals surface area contributed by atoms with Crippen molar-refractivity contribution < 1.29 is 9.59 Å². The van der Waals surface area contributed by atoms with E-state index in [9.17, 15) is 14.9 Å². The second kappa shape index (κ2) is 9.12. The summed E-state index contributed by atoms with van der Waals surface area (Å²) in [5.74, 6) is 2.04. The van der Waals surface area contributed by atoms with Crippen LogP contribution in [-0.2, 0) is 15.0 Å². The largest absolute Gasteiger partial charge is 0.295 e. The maximum absolute atomic E-state index is 14.7. The lowest BCUT2D eigenvalue weighted by atomic mass is 9.34. The Balaban J connectivity index is 1.30. The van der Waals surface area contributed by atoms with Gasteiger partial charge in [-0.1, -0.05) is 90.4 Å². The van der Waals surface area contributed by atoms with Crippen molar-refractivity contribution in [1.82, 2.24) is 15.2 Å². The fourth-order valence-corrected chi connectivity index (χ4v) is 11.2. The first-order valence-corrected chi connectivity index (χ1v) is 16.6. The van der Waals surface area contributed by atoms with E-state index in [2.05, 4.69) is 50.9 Å². The number of nitriles is 1. The number of allylic oxidation sites excluding steroid dienone is 4. The minimum atomic E-state index is -0.649. The molecular formula is C38H46N4O2. The lowest BCUT2D eigenvalue weighted by Gasteiger charge is -2.69. The van der Waals surface area contributed by atoms with Crippen LogP contribution < -0.4 is 0 Å². The van der Waals surface area contributed by atoms with Crippen molar-refractivity contribution in [2.75, 3.05) is 0 Å². The van der Waals surface area contributed by atoms with E-state index in [1.807, 2.05) is 56.3 Å². The summed E-state index contributed by atoms with van der Waals surface area (Å²) in [4.78, 5) is 33.0. The number of fused-ring (bicyclic) bond motifs is 7. The molecule has 1 aromatic heterocycles. The quantitative estimate of drug-likeness (QED) is 0.383. The van der Waals surface area contributed by atoms with Gasteiger partial charge in [-0.25, -0.2) is 4.98 Å². The lowest BCUT2D eigenvalue weighted by molar-refractivity contribution is -0.166. The maximum atomic E-state index is 14.7. The summed E-state index contributed by atoms with van der Waals surface area (Å²) in [6.45, 7) is 15.7. The average Bonchev–Trinajstić information content (AvgIpc) is 3.49. The summed E-state index contributed by atoms with van der Waals surface area (Å²) in [5, 5.41) is 17.9. The minimum Gasteiger partial charge on any atom is -0.295 e. The van der Waals surface area contributed by atoms with Crippen molar-refractivity contribution in [3.8, 4) is 17.5 Å². The number of ketones is 2. The van der Waals surface area contributed by atoms with Crippen LogP contribution in [0.4, 0.5) is 0 Å². The zero-order valence-electron chi connectivity index (χ0n) is 27.4. The molecule has 5 aliphatic carbocycles. The predicted molar refractivity (Wildman–Crippen MR) is 170 cm³/mol. The van der Waals surface area contributed by atoms with Crippen molar-refractivity contribution in [3.05, 3.63) is 59.5 Å². The number of hydrogen-bond donors (Lipinski definition) is 1. The molecular weight excluding hydrogens is 544 g/mol. The van der Waals surface area contributed by atoms with E-state index >= 15 is 0 Å². The van der Waals surface area contributed by atoms with Crippen LogP contribution in [0.2, 0.25) is 0 Å². The van der Waals surface area contributed by atoms with Crippen LogP contribution >= 0.6 is 0 Å². The van der Waals surface area contributed by atoms with E-state index < -0.39 is 10.8 Å². The second-order valence-electron chi connectivity index (χ2n) is 16.7. The van der Waals surface area contributed by atoms with Gasteiger partial charge < -0.3 is 0 Å². The third kappa shape index (κ3) is 3.65. The molecule has 6 nitrogen and oxygen atoms in total. The molecule has 0 bridgehead atoms. The Bertz CT molecular complexity index is 1680. The number of nitrogens with zero attached hydrogens (tertiary/aromatic N) is 3. The minimum absolute atomic E-state index is 0.0592. The number of hydrogen-bond acceptors (Lipinski definition) is 5. The normalized spacial score (nSPS) is 42.5. The monoisotopic (exact) mass is 590 g/mol. The van der Waals surface area contributed by atoms with Crippen LogP contribution in [0.3, 0.4) is 0 Å². The highest BCUT2D eigenvalue weighted by Crippen LogP contribution is 2.74. The van der Waals surface area contributed by atoms with Crippen molar-refractivity contribution in [2.24, 2.45) is 44.8 Å². The molecule has 0 spiro atoms. The van der Waals surface area contributed by atoms with Gasteiger partial charge in [0.25, 0.3) is 0 Å². The molecule has 8 atom stereocenters. The van der Waals surface area contributed by atoms with E-state index in [1.165, 1.54) is 0 Å². The number of nitrogens with one attached hydrogen (secondary N) is 1. The number of rotatable bonds is 2. The van der Waals surface area contributed by atoms with E-state index in [0.717, 1.165) is 67.7 Å². The summed E-state index contributed by atoms with van der Waals surface area (Å²) in [6.07, 6.45) is 10.9. The molecule has 2 aromatic rings. The van der Waals surface area contributed by atoms with E-state index in [4.69, 9.17) is 4.98 Å². The molecule has 1 N–H and O–H groups in total. The van der Waals surface area contributed by atoms with Crippen LogP contribution in [0.25, 0.3) is 11.4 Å². The van der Waals surface area contributed by atoms with E-state index in [0.29, 0.717) is 0 Å². The van der Waals surface area contributed by atoms with Crippen LogP contribution in [0.15, 0.2) is 53.6 Å². The summed E-state index contributed by atoms with van der Waals surface area (Å²) >= 11 is 0. The third-order valence-electron chi connectivity index (χ3n) is 14.2. The van der Waals surface area contributed by atoms with Gasteiger partial charge in [0.05, 0.1) is 5.57 Å². The number of H-pyrrole nitrogens is 1. The van der Waals surface area contributed by atoms with E-state index in [-0.39, 0.29) is 56.6 Å². The molecule has 1 heterocycles. The Morgan fingerprint density at radius 3 is 2.34 bits per heavy atom. The Labute approximate surface area is 261 Å². The van der Waals surface area contributed by atoms with Gasteiger partial charge in [0.15, 0.2) is 17.4 Å². The molecule has 0 amide bonds. The zero-order valence-corrected chi connectivity index (χ0v) is 27.4. The first-order valence-electron chi connectivity index (χ1n) is 16.6. The first-order chi connectivity index (χ1) is 20.6. The molecule has 44 heavy (non-hydrogen) atoms.